The van der Waals surface area contributed by atoms with Crippen LogP contribution in [0.5, 0.6) is 5.75 Å². The predicted molar refractivity (Wildman–Crippen MR) is 77.0 cm³/mol. The molecule has 0 amide bonds. The summed E-state index contributed by atoms with van der Waals surface area (Å²) >= 11 is 0. The van der Waals surface area contributed by atoms with Crippen molar-refractivity contribution >= 4 is 5.82 Å². The van der Waals surface area contributed by atoms with E-state index in [4.69, 9.17) is 16.2 Å². The number of aryl methyl sites for hydroxylation is 1. The summed E-state index contributed by atoms with van der Waals surface area (Å²) in [5.41, 5.74) is 15.3. The van der Waals surface area contributed by atoms with Crippen LogP contribution in [0.25, 0.3) is 0 Å². The maximum atomic E-state index is 6.25. The molecule has 1 atom stereocenters. The molecule has 4 heteroatoms. The number of anilines is 1. The third-order valence-electron chi connectivity index (χ3n) is 3.22. The van der Waals surface area contributed by atoms with Gasteiger partial charge in [-0.15, -0.1) is 0 Å². The number of nitrogens with zero attached hydrogens (tertiary/aromatic N) is 1. The number of pyridine rings is 1. The van der Waals surface area contributed by atoms with Gasteiger partial charge in [-0.3, -0.25) is 0 Å². The van der Waals surface area contributed by atoms with E-state index in [-0.39, 0.29) is 6.04 Å². The lowest BCUT2D eigenvalue weighted by Crippen LogP contribution is -2.17. The Balaban J connectivity index is 2.18. The minimum atomic E-state index is -0.151. The largest absolute Gasteiger partial charge is 0.497 e. The molecule has 0 bridgehead atoms. The number of ether oxygens (including phenoxy) is 1. The monoisotopic (exact) mass is 257 g/mol. The zero-order valence-corrected chi connectivity index (χ0v) is 11.3. The van der Waals surface area contributed by atoms with Crippen LogP contribution in [0.3, 0.4) is 0 Å². The lowest BCUT2D eigenvalue weighted by atomic mass is 9.97. The summed E-state index contributed by atoms with van der Waals surface area (Å²) < 4.78 is 5.14. The van der Waals surface area contributed by atoms with Crippen LogP contribution in [0, 0.1) is 6.92 Å². The first-order chi connectivity index (χ1) is 9.11. The molecular formula is C15H19N3O. The average Bonchev–Trinajstić information content (AvgIpc) is 2.39. The molecule has 4 nitrogen and oxygen atoms in total. The van der Waals surface area contributed by atoms with Gasteiger partial charge in [0.25, 0.3) is 0 Å². The average molecular weight is 257 g/mol. The summed E-state index contributed by atoms with van der Waals surface area (Å²) in [4.78, 5) is 4.11. The molecule has 0 saturated carbocycles. The molecule has 4 N–H and O–H groups in total. The number of hydrogen-bond donors (Lipinski definition) is 2. The molecule has 1 heterocycles. The number of methoxy groups -OCH3 is 1. The highest BCUT2D eigenvalue weighted by atomic mass is 16.5. The van der Waals surface area contributed by atoms with Crippen molar-refractivity contribution in [1.82, 2.24) is 4.98 Å². The van der Waals surface area contributed by atoms with E-state index in [1.165, 1.54) is 0 Å². The third-order valence-corrected chi connectivity index (χ3v) is 3.22. The Morgan fingerprint density at radius 3 is 2.47 bits per heavy atom. The number of nitrogen functional groups attached to an aromatic ring is 1. The number of aromatic nitrogens is 1. The van der Waals surface area contributed by atoms with Gasteiger partial charge in [0.2, 0.25) is 0 Å². The molecule has 0 aliphatic rings. The van der Waals surface area contributed by atoms with Gasteiger partial charge in [0.15, 0.2) is 0 Å². The van der Waals surface area contributed by atoms with Crippen molar-refractivity contribution in [3.8, 4) is 5.75 Å². The molecule has 19 heavy (non-hydrogen) atoms. The van der Waals surface area contributed by atoms with Crippen LogP contribution in [-0.2, 0) is 6.42 Å². The molecule has 0 saturated heterocycles. The van der Waals surface area contributed by atoms with Crippen LogP contribution >= 0.6 is 0 Å². The van der Waals surface area contributed by atoms with Gasteiger partial charge in [-0.05, 0) is 42.7 Å². The maximum absolute atomic E-state index is 6.25. The molecule has 1 unspecified atom stereocenters. The Labute approximate surface area is 113 Å². The third kappa shape index (κ3) is 3.03. The minimum Gasteiger partial charge on any atom is -0.497 e. The summed E-state index contributed by atoms with van der Waals surface area (Å²) in [6.45, 7) is 2.00. The standard InChI is InChI=1S/C15H19N3O/c1-10-7-8-18-15(17)14(10)13(16)9-11-3-5-12(19-2)6-4-11/h3-8,13H,9,16H2,1-2H3,(H2,17,18). The van der Waals surface area contributed by atoms with Crippen molar-refractivity contribution in [2.24, 2.45) is 5.73 Å². The molecule has 100 valence electrons. The highest BCUT2D eigenvalue weighted by molar-refractivity contribution is 5.46. The van der Waals surface area contributed by atoms with Crippen molar-refractivity contribution in [3.05, 3.63) is 53.2 Å². The quantitative estimate of drug-likeness (QED) is 0.880. The van der Waals surface area contributed by atoms with E-state index in [0.717, 1.165) is 28.9 Å². The number of rotatable bonds is 4. The van der Waals surface area contributed by atoms with Gasteiger partial charge >= 0.3 is 0 Å². The first kappa shape index (κ1) is 13.4. The van der Waals surface area contributed by atoms with Gasteiger partial charge < -0.3 is 16.2 Å². The number of benzene rings is 1. The van der Waals surface area contributed by atoms with Crippen molar-refractivity contribution in [3.63, 3.8) is 0 Å². The van der Waals surface area contributed by atoms with Gasteiger partial charge in [0.1, 0.15) is 11.6 Å². The molecule has 2 rings (SSSR count). The zero-order valence-electron chi connectivity index (χ0n) is 11.3. The van der Waals surface area contributed by atoms with E-state index in [0.29, 0.717) is 5.82 Å². The second-order valence-corrected chi connectivity index (χ2v) is 4.59. The Hall–Kier alpha value is -2.07. The Morgan fingerprint density at radius 1 is 1.21 bits per heavy atom. The number of nitrogens with two attached hydrogens (primary N) is 2. The fraction of sp³-hybridized carbons (Fsp3) is 0.267. The first-order valence-electron chi connectivity index (χ1n) is 6.21. The summed E-state index contributed by atoms with van der Waals surface area (Å²) in [5, 5.41) is 0. The lowest BCUT2D eigenvalue weighted by Gasteiger charge is -2.16. The van der Waals surface area contributed by atoms with E-state index in [2.05, 4.69) is 4.98 Å². The normalized spacial score (nSPS) is 12.2. The van der Waals surface area contributed by atoms with Crippen LogP contribution in [-0.4, -0.2) is 12.1 Å². The zero-order chi connectivity index (χ0) is 13.8. The van der Waals surface area contributed by atoms with Crippen LogP contribution in [0.1, 0.15) is 22.7 Å². The highest BCUT2D eigenvalue weighted by Crippen LogP contribution is 2.24. The fourth-order valence-electron chi connectivity index (χ4n) is 2.19. The van der Waals surface area contributed by atoms with E-state index in [9.17, 15) is 0 Å². The maximum Gasteiger partial charge on any atom is 0.128 e. The van der Waals surface area contributed by atoms with Crippen LogP contribution in [0.4, 0.5) is 5.82 Å². The van der Waals surface area contributed by atoms with Crippen LogP contribution in [0.2, 0.25) is 0 Å². The molecule has 1 aromatic carbocycles. The van der Waals surface area contributed by atoms with Crippen molar-refractivity contribution in [2.45, 2.75) is 19.4 Å². The first-order valence-corrected chi connectivity index (χ1v) is 6.21. The fourth-order valence-corrected chi connectivity index (χ4v) is 2.19. The van der Waals surface area contributed by atoms with E-state index in [1.54, 1.807) is 13.3 Å². The molecule has 2 aromatic rings. The van der Waals surface area contributed by atoms with Gasteiger partial charge in [-0.2, -0.15) is 0 Å². The Bertz CT molecular complexity index is 532. The Kier molecular flexibility index (Phi) is 4.02. The smallest absolute Gasteiger partial charge is 0.128 e. The minimum absolute atomic E-state index is 0.151. The number of hydrogen-bond acceptors (Lipinski definition) is 4. The summed E-state index contributed by atoms with van der Waals surface area (Å²) in [6, 6.07) is 9.67. The summed E-state index contributed by atoms with van der Waals surface area (Å²) in [6.07, 6.45) is 2.43. The van der Waals surface area contributed by atoms with E-state index < -0.39 is 0 Å². The lowest BCUT2D eigenvalue weighted by molar-refractivity contribution is 0.414. The summed E-state index contributed by atoms with van der Waals surface area (Å²) in [7, 11) is 1.65. The van der Waals surface area contributed by atoms with Gasteiger partial charge in [-0.1, -0.05) is 12.1 Å². The van der Waals surface area contributed by atoms with Crippen LogP contribution in [0.15, 0.2) is 36.5 Å². The molecule has 1 aromatic heterocycles. The van der Waals surface area contributed by atoms with E-state index >= 15 is 0 Å². The summed E-state index contributed by atoms with van der Waals surface area (Å²) in [5.74, 6) is 1.36. The highest BCUT2D eigenvalue weighted by Gasteiger charge is 2.13. The van der Waals surface area contributed by atoms with Crippen molar-refractivity contribution in [1.29, 1.82) is 0 Å². The van der Waals surface area contributed by atoms with Crippen molar-refractivity contribution in [2.75, 3.05) is 12.8 Å². The predicted octanol–water partition coefficient (Wildman–Crippen LogP) is 2.22. The van der Waals surface area contributed by atoms with Gasteiger partial charge in [-0.25, -0.2) is 4.98 Å². The van der Waals surface area contributed by atoms with Crippen molar-refractivity contribution < 1.29 is 4.74 Å². The van der Waals surface area contributed by atoms with E-state index in [1.807, 2.05) is 37.3 Å². The second kappa shape index (κ2) is 5.71. The second-order valence-electron chi connectivity index (χ2n) is 4.59. The molecule has 0 aliphatic carbocycles. The van der Waals surface area contributed by atoms with Gasteiger partial charge in [0, 0.05) is 17.8 Å². The molecular weight excluding hydrogens is 238 g/mol. The topological polar surface area (TPSA) is 74.2 Å². The molecule has 0 radical (unpaired) electrons. The molecule has 0 fully saturated rings. The molecule has 0 spiro atoms. The molecule has 0 aliphatic heterocycles. The SMILES string of the molecule is COc1ccc(CC(N)c2c(C)ccnc2N)cc1. The van der Waals surface area contributed by atoms with Crippen LogP contribution < -0.4 is 16.2 Å². The Morgan fingerprint density at radius 2 is 1.89 bits per heavy atom. The van der Waals surface area contributed by atoms with Gasteiger partial charge in [0.05, 0.1) is 7.11 Å².